The maximum absolute atomic E-state index is 11.4. The van der Waals surface area contributed by atoms with Gasteiger partial charge in [0.05, 0.1) is 37.5 Å². The van der Waals surface area contributed by atoms with E-state index in [1.165, 1.54) is 0 Å². The molecule has 0 aromatic carbocycles. The van der Waals surface area contributed by atoms with Gasteiger partial charge in [-0.2, -0.15) is 0 Å². The minimum absolute atomic E-state index is 0.264. The minimum atomic E-state index is -0.647. The molecule has 0 aromatic rings. The Labute approximate surface area is 178 Å². The molecule has 2 saturated heterocycles. The maximum atomic E-state index is 11.4. The van der Waals surface area contributed by atoms with Gasteiger partial charge >= 0.3 is 12.2 Å². The molecule has 0 aliphatic carbocycles. The molecule has 4 N–H and O–H groups in total. The number of nitrogens with one attached hydrogen (secondary N) is 2. The topological polar surface area (TPSA) is 136 Å². The largest absolute Gasteiger partial charge is 0.444 e. The molecule has 10 nitrogen and oxygen atoms in total. The van der Waals surface area contributed by atoms with Gasteiger partial charge < -0.3 is 39.8 Å². The third kappa shape index (κ3) is 11.5. The van der Waals surface area contributed by atoms with Gasteiger partial charge in [-0.3, -0.25) is 0 Å². The van der Waals surface area contributed by atoms with Crippen LogP contribution in [0.25, 0.3) is 0 Å². The van der Waals surface area contributed by atoms with E-state index in [0.717, 1.165) is 0 Å². The number of rotatable bonds is 2. The van der Waals surface area contributed by atoms with Crippen LogP contribution in [-0.4, -0.2) is 84.3 Å². The molecule has 10 heteroatoms. The van der Waals surface area contributed by atoms with Crippen molar-refractivity contribution in [1.82, 2.24) is 10.6 Å². The van der Waals surface area contributed by atoms with Crippen molar-refractivity contribution in [1.29, 1.82) is 0 Å². The molecule has 4 atom stereocenters. The quantitative estimate of drug-likeness (QED) is 0.511. The Morgan fingerprint density at radius 2 is 1.10 bits per heavy atom. The number of aliphatic hydroxyl groups is 2. The fourth-order valence-corrected chi connectivity index (χ4v) is 2.70. The molecule has 30 heavy (non-hydrogen) atoms. The van der Waals surface area contributed by atoms with E-state index < -0.39 is 35.6 Å². The van der Waals surface area contributed by atoms with Crippen molar-refractivity contribution in [3.05, 3.63) is 0 Å². The molecule has 176 valence electrons. The fraction of sp³-hybridized carbons (Fsp3) is 0.900. The highest BCUT2D eigenvalue weighted by atomic mass is 16.6. The Morgan fingerprint density at radius 1 is 0.767 bits per heavy atom. The van der Waals surface area contributed by atoms with E-state index in [2.05, 4.69) is 10.6 Å². The van der Waals surface area contributed by atoms with Crippen molar-refractivity contribution in [3.63, 3.8) is 0 Å². The molecule has 2 aliphatic heterocycles. The van der Waals surface area contributed by atoms with Gasteiger partial charge in [-0.15, -0.1) is 0 Å². The zero-order valence-electron chi connectivity index (χ0n) is 18.9. The number of carbonyl (C=O) groups is 2. The average molecular weight is 435 g/mol. The van der Waals surface area contributed by atoms with E-state index >= 15 is 0 Å². The summed E-state index contributed by atoms with van der Waals surface area (Å²) in [5.41, 5.74) is -1.03. The highest BCUT2D eigenvalue weighted by Crippen LogP contribution is 2.12. The standard InChI is InChI=1S/2C10H19NO4/c2*1-10(2,3)15-9(13)11-7-4-5-14-6-8(7)12/h2*7-8,12H,4-6H2,1-3H3,(H,11,13)/t2*7-,8-/m10/s1. The van der Waals surface area contributed by atoms with Crippen LogP contribution in [0.4, 0.5) is 9.59 Å². The predicted octanol–water partition coefficient (Wildman–Crippen LogP) is 1.32. The summed E-state index contributed by atoms with van der Waals surface area (Å²) in [7, 11) is 0. The van der Waals surface area contributed by atoms with Crippen LogP contribution in [0, 0.1) is 0 Å². The molecular formula is C20H38N2O8. The smallest absolute Gasteiger partial charge is 0.407 e. The molecule has 0 unspecified atom stereocenters. The van der Waals surface area contributed by atoms with Crippen LogP contribution < -0.4 is 10.6 Å². The molecule has 0 saturated carbocycles. The third-order valence-corrected chi connectivity index (χ3v) is 4.06. The normalized spacial score (nSPS) is 27.2. The van der Waals surface area contributed by atoms with Gasteiger partial charge in [0.15, 0.2) is 0 Å². The summed E-state index contributed by atoms with van der Waals surface area (Å²) in [6.07, 6.45) is -1.06. The number of aliphatic hydroxyl groups excluding tert-OH is 2. The van der Waals surface area contributed by atoms with Crippen LogP contribution >= 0.6 is 0 Å². The number of hydrogen-bond acceptors (Lipinski definition) is 8. The number of carbonyl (C=O) groups excluding carboxylic acids is 2. The van der Waals surface area contributed by atoms with E-state index in [0.29, 0.717) is 26.1 Å². The van der Waals surface area contributed by atoms with Crippen LogP contribution in [0.5, 0.6) is 0 Å². The van der Waals surface area contributed by atoms with Crippen LogP contribution in [0.3, 0.4) is 0 Å². The van der Waals surface area contributed by atoms with Crippen LogP contribution in [0.1, 0.15) is 54.4 Å². The van der Waals surface area contributed by atoms with Crippen molar-refractivity contribution in [2.45, 2.75) is 89.9 Å². The average Bonchev–Trinajstić information content (AvgIpc) is 2.56. The summed E-state index contributed by atoms with van der Waals surface area (Å²) in [4.78, 5) is 22.8. The predicted molar refractivity (Wildman–Crippen MR) is 109 cm³/mol. The van der Waals surface area contributed by atoms with E-state index in [1.807, 2.05) is 0 Å². The summed E-state index contributed by atoms with van der Waals surface area (Å²) in [5, 5.41) is 24.3. The second-order valence-corrected chi connectivity index (χ2v) is 9.37. The Hall–Kier alpha value is -1.62. The monoisotopic (exact) mass is 434 g/mol. The number of ether oxygens (including phenoxy) is 4. The summed E-state index contributed by atoms with van der Waals surface area (Å²) < 4.78 is 20.3. The van der Waals surface area contributed by atoms with E-state index in [1.54, 1.807) is 41.5 Å². The highest BCUT2D eigenvalue weighted by Gasteiger charge is 2.28. The van der Waals surface area contributed by atoms with Crippen molar-refractivity contribution < 1.29 is 38.7 Å². The first-order valence-corrected chi connectivity index (χ1v) is 10.3. The van der Waals surface area contributed by atoms with Gasteiger partial charge in [-0.05, 0) is 54.4 Å². The van der Waals surface area contributed by atoms with Crippen LogP contribution in [0.15, 0.2) is 0 Å². The van der Waals surface area contributed by atoms with Gasteiger partial charge in [0.25, 0.3) is 0 Å². The van der Waals surface area contributed by atoms with Crippen molar-refractivity contribution >= 4 is 12.2 Å². The lowest BCUT2D eigenvalue weighted by Gasteiger charge is -2.29. The second kappa shape index (κ2) is 11.7. The van der Waals surface area contributed by atoms with Gasteiger partial charge in [0.1, 0.15) is 11.2 Å². The molecule has 0 spiro atoms. The first kappa shape index (κ1) is 26.4. The van der Waals surface area contributed by atoms with Gasteiger partial charge in [0.2, 0.25) is 0 Å². The molecule has 2 fully saturated rings. The summed E-state index contributed by atoms with van der Waals surface area (Å²) in [6, 6.07) is -0.540. The molecule has 2 heterocycles. The zero-order valence-corrected chi connectivity index (χ0v) is 18.9. The van der Waals surface area contributed by atoms with Crippen LogP contribution in [0.2, 0.25) is 0 Å². The first-order chi connectivity index (χ1) is 13.8. The van der Waals surface area contributed by atoms with Crippen molar-refractivity contribution in [2.24, 2.45) is 0 Å². The van der Waals surface area contributed by atoms with Gasteiger partial charge in [-0.25, -0.2) is 9.59 Å². The zero-order chi connectivity index (χ0) is 22.9. The summed E-state index contributed by atoms with van der Waals surface area (Å²) in [5.74, 6) is 0. The Morgan fingerprint density at radius 3 is 1.37 bits per heavy atom. The Balaban J connectivity index is 0.000000300. The van der Waals surface area contributed by atoms with Crippen molar-refractivity contribution in [2.75, 3.05) is 26.4 Å². The Kier molecular flexibility index (Phi) is 10.3. The molecule has 2 aliphatic rings. The lowest BCUT2D eigenvalue weighted by Crippen LogP contribution is -2.49. The molecule has 2 amide bonds. The van der Waals surface area contributed by atoms with E-state index in [9.17, 15) is 19.8 Å². The van der Waals surface area contributed by atoms with Gasteiger partial charge in [-0.1, -0.05) is 0 Å². The summed E-state index contributed by atoms with van der Waals surface area (Å²) >= 11 is 0. The maximum Gasteiger partial charge on any atom is 0.407 e. The number of alkyl carbamates (subject to hydrolysis) is 2. The SMILES string of the molecule is CC(C)(C)OC(=O)N[C@@H]1CCOC[C@H]1O.CC(C)(C)OC(=O)N[C@H]1CCOC[C@@H]1O. The van der Waals surface area contributed by atoms with E-state index in [4.69, 9.17) is 18.9 Å². The molecule has 0 bridgehead atoms. The lowest BCUT2D eigenvalue weighted by atomic mass is 10.1. The second-order valence-electron chi connectivity index (χ2n) is 9.37. The van der Waals surface area contributed by atoms with E-state index in [-0.39, 0.29) is 25.3 Å². The lowest BCUT2D eigenvalue weighted by molar-refractivity contribution is -0.0309. The molecule has 2 rings (SSSR count). The number of amides is 2. The van der Waals surface area contributed by atoms with Crippen LogP contribution in [-0.2, 0) is 18.9 Å². The molecular weight excluding hydrogens is 396 g/mol. The fourth-order valence-electron chi connectivity index (χ4n) is 2.70. The third-order valence-electron chi connectivity index (χ3n) is 4.06. The number of hydrogen-bond donors (Lipinski definition) is 4. The Bertz CT molecular complexity index is 496. The first-order valence-electron chi connectivity index (χ1n) is 10.3. The molecule has 0 aromatic heterocycles. The summed E-state index contributed by atoms with van der Waals surface area (Å²) in [6.45, 7) is 12.4. The minimum Gasteiger partial charge on any atom is -0.444 e. The molecule has 0 radical (unpaired) electrons. The highest BCUT2D eigenvalue weighted by molar-refractivity contribution is 5.68. The van der Waals surface area contributed by atoms with Gasteiger partial charge in [0, 0.05) is 13.2 Å². The van der Waals surface area contributed by atoms with Crippen molar-refractivity contribution in [3.8, 4) is 0 Å².